The molecule has 0 aromatic carbocycles. The zero-order valence-corrected chi connectivity index (χ0v) is 14.1. The highest BCUT2D eigenvalue weighted by Gasteiger charge is 2.22. The van der Waals surface area contributed by atoms with Gasteiger partial charge >= 0.3 is 0 Å². The fourth-order valence-electron chi connectivity index (χ4n) is 2.43. The minimum atomic E-state index is -0.269. The van der Waals surface area contributed by atoms with E-state index >= 15 is 0 Å². The highest BCUT2D eigenvalue weighted by atomic mass is 16.5. The van der Waals surface area contributed by atoms with Crippen molar-refractivity contribution < 1.29 is 9.53 Å². The van der Waals surface area contributed by atoms with Gasteiger partial charge in [-0.15, -0.1) is 0 Å². The minimum absolute atomic E-state index is 0.0897. The summed E-state index contributed by atoms with van der Waals surface area (Å²) >= 11 is 0. The number of anilines is 1. The lowest BCUT2D eigenvalue weighted by molar-refractivity contribution is -0.120. The number of carbonyl (C=O) groups excluding carboxylic acids is 1. The first kappa shape index (κ1) is 16.3. The largest absolute Gasteiger partial charge is 0.370 e. The Bertz CT molecular complexity index is 741. The second-order valence-corrected chi connectivity index (χ2v) is 6.68. The zero-order chi connectivity index (χ0) is 17.2. The second kappa shape index (κ2) is 6.52. The molecular weight excluding hydrogens is 306 g/mol. The van der Waals surface area contributed by atoms with Crippen LogP contribution in [0.1, 0.15) is 32.0 Å². The van der Waals surface area contributed by atoms with Gasteiger partial charge in [-0.05, 0) is 32.9 Å². The zero-order valence-electron chi connectivity index (χ0n) is 14.1. The van der Waals surface area contributed by atoms with Gasteiger partial charge in [-0.1, -0.05) is 6.07 Å². The summed E-state index contributed by atoms with van der Waals surface area (Å²) in [6.45, 7) is 6.87. The first-order valence-corrected chi connectivity index (χ1v) is 7.86. The molecule has 0 unspecified atom stereocenters. The molecule has 0 saturated carbocycles. The number of rotatable bonds is 4. The van der Waals surface area contributed by atoms with Crippen LogP contribution in [0.15, 0.2) is 24.4 Å². The fourth-order valence-corrected chi connectivity index (χ4v) is 2.43. The summed E-state index contributed by atoms with van der Waals surface area (Å²) < 4.78 is 5.47. The van der Waals surface area contributed by atoms with Crippen molar-refractivity contribution in [3.05, 3.63) is 35.7 Å². The summed E-state index contributed by atoms with van der Waals surface area (Å²) in [6.07, 6.45) is 1.70. The van der Waals surface area contributed by atoms with Gasteiger partial charge in [0.15, 0.2) is 5.82 Å². The maximum absolute atomic E-state index is 12.0. The van der Waals surface area contributed by atoms with Gasteiger partial charge in [0, 0.05) is 17.3 Å². The lowest BCUT2D eigenvalue weighted by Gasteiger charge is -2.21. The summed E-state index contributed by atoms with van der Waals surface area (Å²) in [5.41, 5.74) is 2.16. The SMILES string of the molecule is CC(C)(C)NC(=O)CNc1nc(-c2ccccn2)nc2c1COC2. The predicted octanol–water partition coefficient (Wildman–Crippen LogP) is 1.90. The summed E-state index contributed by atoms with van der Waals surface area (Å²) in [4.78, 5) is 25.4. The summed E-state index contributed by atoms with van der Waals surface area (Å²) in [7, 11) is 0. The molecule has 1 aliphatic rings. The number of nitrogens with zero attached hydrogens (tertiary/aromatic N) is 3. The third-order valence-electron chi connectivity index (χ3n) is 3.40. The Morgan fingerprint density at radius 1 is 1.25 bits per heavy atom. The van der Waals surface area contributed by atoms with Gasteiger partial charge in [-0.25, -0.2) is 9.97 Å². The van der Waals surface area contributed by atoms with Gasteiger partial charge in [0.1, 0.15) is 11.5 Å². The molecule has 0 aliphatic carbocycles. The molecule has 3 heterocycles. The third kappa shape index (κ3) is 3.86. The number of aromatic nitrogens is 3. The van der Waals surface area contributed by atoms with Crippen LogP contribution in [0.3, 0.4) is 0 Å². The van der Waals surface area contributed by atoms with Crippen molar-refractivity contribution in [3.63, 3.8) is 0 Å². The van der Waals surface area contributed by atoms with E-state index in [1.807, 2.05) is 39.0 Å². The summed E-state index contributed by atoms with van der Waals surface area (Å²) in [5, 5.41) is 6.02. The molecule has 1 amide bonds. The third-order valence-corrected chi connectivity index (χ3v) is 3.40. The summed E-state index contributed by atoms with van der Waals surface area (Å²) in [5.74, 6) is 1.06. The van der Waals surface area contributed by atoms with Crippen molar-refractivity contribution in [2.24, 2.45) is 0 Å². The van der Waals surface area contributed by atoms with Crippen LogP contribution in [0.25, 0.3) is 11.5 Å². The molecule has 2 aromatic rings. The van der Waals surface area contributed by atoms with Crippen LogP contribution in [0.5, 0.6) is 0 Å². The highest BCUT2D eigenvalue weighted by Crippen LogP contribution is 2.27. The van der Waals surface area contributed by atoms with Crippen molar-refractivity contribution in [1.29, 1.82) is 0 Å². The van der Waals surface area contributed by atoms with E-state index in [9.17, 15) is 4.79 Å². The lowest BCUT2D eigenvalue weighted by Crippen LogP contribution is -2.43. The Morgan fingerprint density at radius 3 is 2.79 bits per heavy atom. The molecule has 2 N–H and O–H groups in total. The first-order valence-electron chi connectivity index (χ1n) is 7.86. The minimum Gasteiger partial charge on any atom is -0.370 e. The highest BCUT2D eigenvalue weighted by molar-refractivity contribution is 5.81. The van der Waals surface area contributed by atoms with E-state index in [1.54, 1.807) is 6.20 Å². The van der Waals surface area contributed by atoms with Crippen LogP contribution in [-0.2, 0) is 22.7 Å². The molecule has 7 nitrogen and oxygen atoms in total. The van der Waals surface area contributed by atoms with Gasteiger partial charge in [0.25, 0.3) is 0 Å². The Balaban J connectivity index is 1.82. The number of ether oxygens (including phenoxy) is 1. The molecule has 0 radical (unpaired) electrons. The molecule has 0 atom stereocenters. The van der Waals surface area contributed by atoms with E-state index in [0.29, 0.717) is 30.5 Å². The number of nitrogens with one attached hydrogen (secondary N) is 2. The Hall–Kier alpha value is -2.54. The van der Waals surface area contributed by atoms with Crippen LogP contribution in [0.2, 0.25) is 0 Å². The van der Waals surface area contributed by atoms with Gasteiger partial charge in [-0.3, -0.25) is 9.78 Å². The average Bonchev–Trinajstić information content (AvgIpc) is 3.00. The van der Waals surface area contributed by atoms with E-state index in [0.717, 1.165) is 11.3 Å². The van der Waals surface area contributed by atoms with Gasteiger partial charge in [0.05, 0.1) is 25.5 Å². The van der Waals surface area contributed by atoms with Gasteiger partial charge in [0.2, 0.25) is 5.91 Å². The molecule has 1 aliphatic heterocycles. The maximum Gasteiger partial charge on any atom is 0.239 e. The monoisotopic (exact) mass is 327 g/mol. The standard InChI is InChI=1S/C17H21N5O2/c1-17(2,3)22-14(23)8-19-15-11-9-24-10-13(11)20-16(21-15)12-6-4-5-7-18-12/h4-7H,8-10H2,1-3H3,(H,22,23)(H,19,20,21). The number of hydrogen-bond donors (Lipinski definition) is 2. The fraction of sp³-hybridized carbons (Fsp3) is 0.412. The van der Waals surface area contributed by atoms with Crippen LogP contribution in [0, 0.1) is 0 Å². The van der Waals surface area contributed by atoms with Gasteiger partial charge < -0.3 is 15.4 Å². The van der Waals surface area contributed by atoms with Crippen molar-refractivity contribution in [2.75, 3.05) is 11.9 Å². The smallest absolute Gasteiger partial charge is 0.239 e. The molecule has 2 aromatic heterocycles. The Labute approximate surface area is 140 Å². The number of pyridine rings is 1. The van der Waals surface area contributed by atoms with Crippen molar-refractivity contribution in [3.8, 4) is 11.5 Å². The first-order chi connectivity index (χ1) is 11.4. The maximum atomic E-state index is 12.0. The number of hydrogen-bond acceptors (Lipinski definition) is 6. The Kier molecular flexibility index (Phi) is 4.44. The lowest BCUT2D eigenvalue weighted by atomic mass is 10.1. The number of fused-ring (bicyclic) bond motifs is 1. The van der Waals surface area contributed by atoms with Crippen LogP contribution in [-0.4, -0.2) is 32.9 Å². The molecule has 0 fully saturated rings. The summed E-state index contributed by atoms with van der Waals surface area (Å²) in [6, 6.07) is 5.59. The van der Waals surface area contributed by atoms with Crippen molar-refractivity contribution in [1.82, 2.24) is 20.3 Å². The normalized spacial score (nSPS) is 13.5. The predicted molar refractivity (Wildman–Crippen MR) is 90.1 cm³/mol. The van der Waals surface area contributed by atoms with Crippen LogP contribution < -0.4 is 10.6 Å². The second-order valence-electron chi connectivity index (χ2n) is 6.68. The van der Waals surface area contributed by atoms with E-state index in [1.165, 1.54) is 0 Å². The molecule has 24 heavy (non-hydrogen) atoms. The van der Waals surface area contributed by atoms with Crippen LogP contribution in [0.4, 0.5) is 5.82 Å². The average molecular weight is 327 g/mol. The van der Waals surface area contributed by atoms with Crippen LogP contribution >= 0.6 is 0 Å². The molecule has 0 saturated heterocycles. The Morgan fingerprint density at radius 2 is 2.08 bits per heavy atom. The molecule has 126 valence electrons. The van der Waals surface area contributed by atoms with E-state index in [4.69, 9.17) is 4.74 Å². The topological polar surface area (TPSA) is 89.0 Å². The van der Waals surface area contributed by atoms with E-state index in [2.05, 4.69) is 25.6 Å². The van der Waals surface area contributed by atoms with E-state index in [-0.39, 0.29) is 18.0 Å². The molecular formula is C17H21N5O2. The van der Waals surface area contributed by atoms with E-state index < -0.39 is 0 Å². The quantitative estimate of drug-likeness (QED) is 0.891. The molecule has 7 heteroatoms. The van der Waals surface area contributed by atoms with Crippen molar-refractivity contribution >= 4 is 11.7 Å². The molecule has 0 bridgehead atoms. The molecule has 3 rings (SSSR count). The van der Waals surface area contributed by atoms with Crippen molar-refractivity contribution in [2.45, 2.75) is 39.5 Å². The molecule has 0 spiro atoms. The number of amides is 1. The number of carbonyl (C=O) groups is 1. The van der Waals surface area contributed by atoms with Gasteiger partial charge in [-0.2, -0.15) is 0 Å².